The molecule has 0 aliphatic heterocycles. The highest BCUT2D eigenvalue weighted by molar-refractivity contribution is 5.18. The first-order chi connectivity index (χ1) is 8.66. The lowest BCUT2D eigenvalue weighted by Gasteiger charge is -2.13. The second-order valence-electron chi connectivity index (χ2n) is 4.11. The third kappa shape index (κ3) is 2.95. The van der Waals surface area contributed by atoms with Gasteiger partial charge in [-0.05, 0) is 12.5 Å². The van der Waals surface area contributed by atoms with Gasteiger partial charge >= 0.3 is 5.69 Å². The van der Waals surface area contributed by atoms with Gasteiger partial charge in [0, 0.05) is 24.3 Å². The second-order valence-corrected chi connectivity index (χ2v) is 4.11. The van der Waals surface area contributed by atoms with E-state index in [2.05, 4.69) is 15.3 Å². The summed E-state index contributed by atoms with van der Waals surface area (Å²) < 4.78 is 0. The summed E-state index contributed by atoms with van der Waals surface area (Å²) in [5.74, 6) is 0. The van der Waals surface area contributed by atoms with Gasteiger partial charge in [-0.25, -0.2) is 4.79 Å². The Hall–Kier alpha value is -2.14. The highest BCUT2D eigenvalue weighted by Gasteiger charge is 2.05. The van der Waals surface area contributed by atoms with Crippen molar-refractivity contribution in [3.05, 3.63) is 68.5 Å². The molecule has 94 valence electrons. The molecule has 0 radical (unpaired) electrons. The maximum atomic E-state index is 11.5. The van der Waals surface area contributed by atoms with Crippen molar-refractivity contribution in [1.82, 2.24) is 15.3 Å². The van der Waals surface area contributed by atoms with Gasteiger partial charge in [0.25, 0.3) is 5.56 Å². The molecular formula is C13H15N3O2. The highest BCUT2D eigenvalue weighted by atomic mass is 16.2. The van der Waals surface area contributed by atoms with Gasteiger partial charge < -0.3 is 10.3 Å². The van der Waals surface area contributed by atoms with Crippen LogP contribution in [0.15, 0.2) is 46.1 Å². The minimum atomic E-state index is -0.486. The fraction of sp³-hybridized carbons (Fsp3) is 0.231. The molecular weight excluding hydrogens is 230 g/mol. The summed E-state index contributed by atoms with van der Waals surface area (Å²) >= 11 is 0. The van der Waals surface area contributed by atoms with Crippen LogP contribution in [-0.4, -0.2) is 9.97 Å². The van der Waals surface area contributed by atoms with E-state index in [1.165, 1.54) is 6.20 Å². The van der Waals surface area contributed by atoms with Crippen LogP contribution in [0.3, 0.4) is 0 Å². The van der Waals surface area contributed by atoms with E-state index in [1.54, 1.807) is 0 Å². The fourth-order valence-electron chi connectivity index (χ4n) is 1.69. The van der Waals surface area contributed by atoms with Crippen LogP contribution in [0.4, 0.5) is 0 Å². The van der Waals surface area contributed by atoms with Crippen LogP contribution in [0.1, 0.15) is 24.1 Å². The Kier molecular flexibility index (Phi) is 3.74. The topological polar surface area (TPSA) is 77.8 Å². The van der Waals surface area contributed by atoms with Gasteiger partial charge in [0.2, 0.25) is 0 Å². The third-order valence-corrected chi connectivity index (χ3v) is 2.79. The molecule has 1 heterocycles. The molecule has 0 bridgehead atoms. The number of benzene rings is 1. The Balaban J connectivity index is 2.04. The van der Waals surface area contributed by atoms with Crippen LogP contribution in [0, 0.1) is 0 Å². The molecule has 0 amide bonds. The van der Waals surface area contributed by atoms with Crippen LogP contribution >= 0.6 is 0 Å². The Morgan fingerprint density at radius 2 is 1.94 bits per heavy atom. The second kappa shape index (κ2) is 5.46. The van der Waals surface area contributed by atoms with E-state index in [1.807, 2.05) is 37.3 Å². The summed E-state index contributed by atoms with van der Waals surface area (Å²) in [5, 5.41) is 3.23. The van der Waals surface area contributed by atoms with Crippen molar-refractivity contribution in [1.29, 1.82) is 0 Å². The molecule has 5 nitrogen and oxygen atoms in total. The molecule has 1 aromatic carbocycles. The average molecular weight is 245 g/mol. The summed E-state index contributed by atoms with van der Waals surface area (Å²) in [6.45, 7) is 2.43. The molecule has 5 heteroatoms. The SMILES string of the molecule is CC(NCc1c[nH]c(=O)[nH]c1=O)c1ccccc1. The summed E-state index contributed by atoms with van der Waals surface area (Å²) in [6, 6.07) is 10.1. The van der Waals surface area contributed by atoms with E-state index in [0.29, 0.717) is 12.1 Å². The van der Waals surface area contributed by atoms with Gasteiger partial charge in [0.1, 0.15) is 0 Å². The lowest BCUT2D eigenvalue weighted by atomic mass is 10.1. The maximum absolute atomic E-state index is 11.5. The van der Waals surface area contributed by atoms with Crippen molar-refractivity contribution in [2.45, 2.75) is 19.5 Å². The molecule has 0 aliphatic carbocycles. The molecule has 1 aromatic heterocycles. The van der Waals surface area contributed by atoms with Gasteiger partial charge in [0.15, 0.2) is 0 Å². The first-order valence-electron chi connectivity index (χ1n) is 5.76. The van der Waals surface area contributed by atoms with Gasteiger partial charge in [0.05, 0.1) is 0 Å². The van der Waals surface area contributed by atoms with E-state index < -0.39 is 5.69 Å². The summed E-state index contributed by atoms with van der Waals surface area (Å²) in [4.78, 5) is 27.0. The van der Waals surface area contributed by atoms with Crippen molar-refractivity contribution in [2.24, 2.45) is 0 Å². The zero-order valence-corrected chi connectivity index (χ0v) is 10.1. The van der Waals surface area contributed by atoms with Crippen molar-refractivity contribution >= 4 is 0 Å². The van der Waals surface area contributed by atoms with Gasteiger partial charge in [-0.3, -0.25) is 9.78 Å². The predicted molar refractivity (Wildman–Crippen MR) is 69.4 cm³/mol. The highest BCUT2D eigenvalue weighted by Crippen LogP contribution is 2.11. The number of aromatic amines is 2. The normalized spacial score (nSPS) is 12.3. The fourth-order valence-corrected chi connectivity index (χ4v) is 1.69. The molecule has 3 N–H and O–H groups in total. The zero-order valence-electron chi connectivity index (χ0n) is 10.1. The Labute approximate surface area is 104 Å². The minimum absolute atomic E-state index is 0.137. The molecule has 0 aliphatic rings. The first kappa shape index (κ1) is 12.3. The molecule has 0 spiro atoms. The number of nitrogens with one attached hydrogen (secondary N) is 3. The quantitative estimate of drug-likeness (QED) is 0.749. The summed E-state index contributed by atoms with van der Waals surface area (Å²) in [7, 11) is 0. The van der Waals surface area contributed by atoms with Crippen molar-refractivity contribution in [3.8, 4) is 0 Å². The average Bonchev–Trinajstić information content (AvgIpc) is 2.38. The van der Waals surface area contributed by atoms with Gasteiger partial charge in [-0.2, -0.15) is 0 Å². The van der Waals surface area contributed by atoms with Crippen LogP contribution in [0.25, 0.3) is 0 Å². The molecule has 0 saturated heterocycles. The number of aromatic nitrogens is 2. The first-order valence-corrected chi connectivity index (χ1v) is 5.76. The number of hydrogen-bond acceptors (Lipinski definition) is 3. The molecule has 0 fully saturated rings. The molecule has 18 heavy (non-hydrogen) atoms. The molecule has 0 saturated carbocycles. The molecule has 2 aromatic rings. The lowest BCUT2D eigenvalue weighted by molar-refractivity contribution is 0.570. The largest absolute Gasteiger partial charge is 0.325 e. The van der Waals surface area contributed by atoms with E-state index >= 15 is 0 Å². The zero-order chi connectivity index (χ0) is 13.0. The number of H-pyrrole nitrogens is 2. The predicted octanol–water partition coefficient (Wildman–Crippen LogP) is 0.914. The van der Waals surface area contributed by atoms with Crippen molar-refractivity contribution in [2.75, 3.05) is 0 Å². The number of hydrogen-bond donors (Lipinski definition) is 3. The van der Waals surface area contributed by atoms with E-state index in [4.69, 9.17) is 0 Å². The third-order valence-electron chi connectivity index (χ3n) is 2.79. The van der Waals surface area contributed by atoms with Crippen molar-refractivity contribution in [3.63, 3.8) is 0 Å². The monoisotopic (exact) mass is 245 g/mol. The van der Waals surface area contributed by atoms with E-state index in [0.717, 1.165) is 5.56 Å². The molecule has 2 rings (SSSR count). The van der Waals surface area contributed by atoms with E-state index in [-0.39, 0.29) is 11.6 Å². The Morgan fingerprint density at radius 3 is 2.61 bits per heavy atom. The smallest absolute Gasteiger partial charge is 0.314 e. The summed E-state index contributed by atoms with van der Waals surface area (Å²) in [5.41, 5.74) is 0.821. The van der Waals surface area contributed by atoms with Crippen LogP contribution in [0.2, 0.25) is 0 Å². The van der Waals surface area contributed by atoms with Gasteiger partial charge in [-0.15, -0.1) is 0 Å². The standard InChI is InChI=1S/C13H15N3O2/c1-9(10-5-3-2-4-6-10)14-7-11-8-15-13(18)16-12(11)17/h2-6,8-9,14H,7H2,1H3,(H2,15,16,17,18). The van der Waals surface area contributed by atoms with E-state index in [9.17, 15) is 9.59 Å². The van der Waals surface area contributed by atoms with Crippen molar-refractivity contribution < 1.29 is 0 Å². The van der Waals surface area contributed by atoms with Crippen LogP contribution < -0.4 is 16.6 Å². The van der Waals surface area contributed by atoms with Crippen LogP contribution in [0.5, 0.6) is 0 Å². The summed E-state index contributed by atoms with van der Waals surface area (Å²) in [6.07, 6.45) is 1.44. The molecule has 1 unspecified atom stereocenters. The lowest BCUT2D eigenvalue weighted by Crippen LogP contribution is -2.28. The maximum Gasteiger partial charge on any atom is 0.325 e. The van der Waals surface area contributed by atoms with Gasteiger partial charge in [-0.1, -0.05) is 30.3 Å². The molecule has 1 atom stereocenters. The Morgan fingerprint density at radius 1 is 1.22 bits per heavy atom. The number of rotatable bonds is 4. The Bertz CT molecular complexity index is 616. The van der Waals surface area contributed by atoms with Crippen LogP contribution in [-0.2, 0) is 6.54 Å². The minimum Gasteiger partial charge on any atom is -0.314 e.